The van der Waals surface area contributed by atoms with Crippen LogP contribution in [0.1, 0.15) is 55.0 Å². The number of aromatic amines is 1. The molecule has 0 aliphatic carbocycles. The Bertz CT molecular complexity index is 3180. The van der Waals surface area contributed by atoms with E-state index < -0.39 is 41.2 Å². The Labute approximate surface area is 375 Å². The lowest BCUT2D eigenvalue weighted by atomic mass is 9.98. The van der Waals surface area contributed by atoms with E-state index in [2.05, 4.69) is 30.2 Å². The van der Waals surface area contributed by atoms with Crippen LogP contribution in [-0.2, 0) is 35.1 Å². The molecule has 0 unspecified atom stereocenters. The maximum absolute atomic E-state index is 12.6. The van der Waals surface area contributed by atoms with Crippen LogP contribution in [0, 0.1) is 0 Å². The first-order valence-corrected chi connectivity index (χ1v) is 21.4. The molecule has 1 aliphatic heterocycles. The minimum absolute atomic E-state index is 0.0208. The van der Waals surface area contributed by atoms with E-state index in [0.29, 0.717) is 49.2 Å². The first-order valence-electron chi connectivity index (χ1n) is 18.8. The Kier molecular flexibility index (Phi) is 12.8. The molecule has 2 aromatic carbocycles. The fourth-order valence-corrected chi connectivity index (χ4v) is 8.55. The molecule has 63 heavy (non-hydrogen) atoms. The standard InChI is InChI=1S/C18H9ClN4O2S.C15H17NO5S.C10H8ClN3O/c19-18-21-11-4-2-1-3-9(11)14(22-18)13-12(15(24)23-16(13)25)10-7-20-17-8(10)5-6-26-17;1-5-20-13(18)11(17)10-8-16(12-9(10)6-7-22-12)14(19)21-15(2,3)4;11-10-13-7-4-2-1-3-6(7)8(14-10)5-9(12)15/h1-7,20H,(H,23,24,25);6-8H,5H2,1-4H3;1-4H,5H2,(H2,12,15). The number of H-pyrrole nitrogens is 1. The summed E-state index contributed by atoms with van der Waals surface area (Å²) in [5.74, 6) is -3.08. The Hall–Kier alpha value is -6.86. The van der Waals surface area contributed by atoms with Crippen molar-refractivity contribution in [2.24, 2.45) is 5.73 Å². The number of ether oxygens (including phenoxy) is 2. The maximum Gasteiger partial charge on any atom is 0.419 e. The van der Waals surface area contributed by atoms with Crippen molar-refractivity contribution in [3.8, 4) is 0 Å². The minimum atomic E-state index is -0.933. The van der Waals surface area contributed by atoms with Crippen molar-refractivity contribution in [3.63, 3.8) is 0 Å². The number of thiophene rings is 2. The van der Waals surface area contributed by atoms with Crippen LogP contribution < -0.4 is 11.1 Å². The smallest absolute Gasteiger partial charge is 0.419 e. The van der Waals surface area contributed by atoms with Crippen LogP contribution in [0.25, 0.3) is 53.4 Å². The molecule has 16 nitrogen and oxygen atoms in total. The van der Waals surface area contributed by atoms with Gasteiger partial charge in [-0.15, -0.1) is 22.7 Å². The van der Waals surface area contributed by atoms with Crippen molar-refractivity contribution in [2.75, 3.05) is 6.61 Å². The number of amides is 3. The van der Waals surface area contributed by atoms with Gasteiger partial charge in [-0.2, -0.15) is 0 Å². The van der Waals surface area contributed by atoms with E-state index in [1.165, 1.54) is 33.4 Å². The molecular weight excluding hydrogens is 892 g/mol. The van der Waals surface area contributed by atoms with Crippen LogP contribution in [0.15, 0.2) is 83.8 Å². The summed E-state index contributed by atoms with van der Waals surface area (Å²) in [5, 5.41) is 9.09. The lowest BCUT2D eigenvalue weighted by Gasteiger charge is -2.19. The highest BCUT2D eigenvalue weighted by molar-refractivity contribution is 7.17. The Morgan fingerprint density at radius 1 is 0.794 bits per heavy atom. The fraction of sp³-hybridized carbons (Fsp3) is 0.163. The largest absolute Gasteiger partial charge is 0.460 e. The number of hydrogen-bond donors (Lipinski definition) is 3. The zero-order chi connectivity index (χ0) is 45.2. The van der Waals surface area contributed by atoms with Crippen LogP contribution >= 0.6 is 45.9 Å². The summed E-state index contributed by atoms with van der Waals surface area (Å²) in [5.41, 5.74) is 8.02. The number of rotatable bonds is 7. The number of para-hydroxylation sites is 2. The van der Waals surface area contributed by atoms with Crippen LogP contribution in [0.4, 0.5) is 4.79 Å². The van der Waals surface area contributed by atoms with E-state index in [1.807, 2.05) is 47.8 Å². The molecule has 1 aliphatic rings. The number of esters is 1. The van der Waals surface area contributed by atoms with Gasteiger partial charge in [-0.25, -0.2) is 34.1 Å². The molecule has 0 fully saturated rings. The summed E-state index contributed by atoms with van der Waals surface area (Å²) >= 11 is 14.6. The second kappa shape index (κ2) is 18.2. The van der Waals surface area contributed by atoms with Gasteiger partial charge in [0, 0.05) is 39.5 Å². The van der Waals surface area contributed by atoms with Crippen LogP contribution in [0.5, 0.6) is 0 Å². The van der Waals surface area contributed by atoms with Crippen LogP contribution in [0.3, 0.4) is 0 Å². The number of Topliss-reactive ketones (excluding diaryl/α,β-unsaturated/α-hetero) is 1. The summed E-state index contributed by atoms with van der Waals surface area (Å²) in [6.07, 6.45) is 2.54. The number of imide groups is 1. The van der Waals surface area contributed by atoms with E-state index in [1.54, 1.807) is 57.5 Å². The van der Waals surface area contributed by atoms with Crippen LogP contribution in [0.2, 0.25) is 10.6 Å². The van der Waals surface area contributed by atoms with Gasteiger partial charge >= 0.3 is 12.1 Å². The number of carbonyl (C=O) groups excluding carboxylic acids is 6. The molecule has 4 N–H and O–H groups in total. The third kappa shape index (κ3) is 9.48. The molecule has 6 aromatic heterocycles. The zero-order valence-corrected chi connectivity index (χ0v) is 36.8. The van der Waals surface area contributed by atoms with Gasteiger partial charge in [0.15, 0.2) is 0 Å². The molecule has 0 radical (unpaired) electrons. The summed E-state index contributed by atoms with van der Waals surface area (Å²) in [4.78, 5) is 93.1. The fourth-order valence-electron chi connectivity index (χ4n) is 6.53. The molecule has 320 valence electrons. The van der Waals surface area contributed by atoms with E-state index in [9.17, 15) is 28.8 Å². The maximum atomic E-state index is 12.6. The highest BCUT2D eigenvalue weighted by Crippen LogP contribution is 2.38. The first-order chi connectivity index (χ1) is 30.0. The number of halogens is 2. The first kappa shape index (κ1) is 44.2. The lowest BCUT2D eigenvalue weighted by Crippen LogP contribution is -2.26. The monoisotopic (exact) mass is 924 g/mol. The highest BCUT2D eigenvalue weighted by Gasteiger charge is 2.35. The predicted molar refractivity (Wildman–Crippen MR) is 241 cm³/mol. The molecule has 8 aromatic rings. The van der Waals surface area contributed by atoms with Gasteiger partial charge in [0.2, 0.25) is 16.5 Å². The number of ketones is 1. The van der Waals surface area contributed by atoms with Crippen molar-refractivity contribution in [2.45, 2.75) is 39.7 Å². The summed E-state index contributed by atoms with van der Waals surface area (Å²) in [6, 6.07) is 18.2. The number of nitrogens with zero attached hydrogens (tertiary/aromatic N) is 5. The van der Waals surface area contributed by atoms with Crippen molar-refractivity contribution >= 4 is 135 Å². The highest BCUT2D eigenvalue weighted by atomic mass is 35.5. The molecule has 20 heteroatoms. The van der Waals surface area contributed by atoms with Gasteiger partial charge in [-0.05, 0) is 85.9 Å². The molecule has 0 spiro atoms. The van der Waals surface area contributed by atoms with E-state index in [-0.39, 0.29) is 34.7 Å². The third-order valence-corrected chi connectivity index (χ3v) is 11.1. The van der Waals surface area contributed by atoms with Crippen molar-refractivity contribution < 1.29 is 38.2 Å². The van der Waals surface area contributed by atoms with Gasteiger partial charge in [0.25, 0.3) is 17.6 Å². The van der Waals surface area contributed by atoms with Crippen LogP contribution in [-0.4, -0.2) is 77.3 Å². The van der Waals surface area contributed by atoms with Gasteiger partial charge in [0.1, 0.15) is 15.3 Å². The van der Waals surface area contributed by atoms with Crippen molar-refractivity contribution in [1.29, 1.82) is 0 Å². The molecule has 0 saturated heterocycles. The molecule has 3 amide bonds. The third-order valence-electron chi connectivity index (χ3n) is 9.02. The average molecular weight is 926 g/mol. The SMILES string of the molecule is CCOC(=O)C(=O)c1cn(C(=O)OC(C)(C)C)c2sccc12.NC(=O)Cc1nc(Cl)nc2ccccc12.O=C1NC(=O)C(c2c[nH]c3sccc23)=C1c1nc(Cl)nc2ccccc12. The number of benzene rings is 2. The Balaban J connectivity index is 0.000000147. The number of aromatic nitrogens is 6. The van der Waals surface area contributed by atoms with E-state index >= 15 is 0 Å². The molecular formula is C43H34Cl2N8O8S2. The van der Waals surface area contributed by atoms with Gasteiger partial charge in [-0.3, -0.25) is 24.5 Å². The predicted octanol–water partition coefficient (Wildman–Crippen LogP) is 7.94. The average Bonchev–Trinajstić information content (AvgIpc) is 4.06. The zero-order valence-electron chi connectivity index (χ0n) is 33.6. The number of hydrogen-bond acceptors (Lipinski definition) is 14. The number of nitrogens with one attached hydrogen (secondary N) is 2. The summed E-state index contributed by atoms with van der Waals surface area (Å²) in [7, 11) is 0. The van der Waals surface area contributed by atoms with Crippen molar-refractivity contribution in [1.82, 2.24) is 34.8 Å². The molecule has 9 rings (SSSR count). The van der Waals surface area contributed by atoms with Crippen molar-refractivity contribution in [3.05, 3.63) is 117 Å². The Morgan fingerprint density at radius 2 is 1.41 bits per heavy atom. The van der Waals surface area contributed by atoms with Gasteiger partial charge in [-0.1, -0.05) is 36.4 Å². The molecule has 0 atom stereocenters. The second-order valence-electron chi connectivity index (χ2n) is 14.4. The number of carbonyl (C=O) groups is 6. The molecule has 0 saturated carbocycles. The van der Waals surface area contributed by atoms with E-state index in [4.69, 9.17) is 38.4 Å². The molecule has 7 heterocycles. The number of nitrogens with two attached hydrogens (primary N) is 1. The summed E-state index contributed by atoms with van der Waals surface area (Å²) < 4.78 is 11.3. The normalized spacial score (nSPS) is 12.5. The van der Waals surface area contributed by atoms with E-state index in [0.717, 1.165) is 15.6 Å². The minimum Gasteiger partial charge on any atom is -0.460 e. The van der Waals surface area contributed by atoms with Gasteiger partial charge in [0.05, 0.1) is 52.2 Å². The van der Waals surface area contributed by atoms with Gasteiger partial charge < -0.3 is 20.2 Å². The second-order valence-corrected chi connectivity index (χ2v) is 16.9. The lowest BCUT2D eigenvalue weighted by molar-refractivity contribution is -0.137. The summed E-state index contributed by atoms with van der Waals surface area (Å²) in [6.45, 7) is 7.00. The molecule has 0 bridgehead atoms. The number of fused-ring (bicyclic) bond motifs is 4. The number of primary amides is 1. The topological polar surface area (TPSA) is 231 Å². The quantitative estimate of drug-likeness (QED) is 0.0455. The Morgan fingerprint density at radius 3 is 2.10 bits per heavy atom.